The maximum atomic E-state index is 12.8. The highest BCUT2D eigenvalue weighted by molar-refractivity contribution is 5.99. The maximum absolute atomic E-state index is 12.8. The SMILES string of the molecule is CCN1CCCC(n2ccnc2-c2cc3c(nc2OC)CN(C(C)C)C3=O)C1. The highest BCUT2D eigenvalue weighted by Gasteiger charge is 2.33. The van der Waals surface area contributed by atoms with E-state index in [0.29, 0.717) is 24.0 Å². The summed E-state index contributed by atoms with van der Waals surface area (Å²) >= 11 is 0. The van der Waals surface area contributed by atoms with Crippen LogP contribution in [0.4, 0.5) is 0 Å². The number of ether oxygens (including phenoxy) is 1. The maximum Gasteiger partial charge on any atom is 0.256 e. The fourth-order valence-electron chi connectivity index (χ4n) is 4.32. The van der Waals surface area contributed by atoms with E-state index in [-0.39, 0.29) is 11.9 Å². The van der Waals surface area contributed by atoms with Crippen molar-refractivity contribution in [3.8, 4) is 17.3 Å². The van der Waals surface area contributed by atoms with Crippen LogP contribution in [0.25, 0.3) is 11.4 Å². The largest absolute Gasteiger partial charge is 0.480 e. The number of hydrogen-bond acceptors (Lipinski definition) is 5. The van der Waals surface area contributed by atoms with Gasteiger partial charge >= 0.3 is 0 Å². The van der Waals surface area contributed by atoms with Crippen molar-refractivity contribution >= 4 is 5.91 Å². The fourth-order valence-corrected chi connectivity index (χ4v) is 4.32. The van der Waals surface area contributed by atoms with Crippen molar-refractivity contribution in [1.29, 1.82) is 0 Å². The van der Waals surface area contributed by atoms with Crippen molar-refractivity contribution in [3.05, 3.63) is 29.7 Å². The minimum absolute atomic E-state index is 0.0364. The number of pyridine rings is 1. The lowest BCUT2D eigenvalue weighted by molar-refractivity contribution is 0.0730. The normalized spacial score (nSPS) is 20.1. The number of aromatic nitrogens is 3. The van der Waals surface area contributed by atoms with Crippen LogP contribution in [0.2, 0.25) is 0 Å². The van der Waals surface area contributed by atoms with E-state index < -0.39 is 0 Å². The second-order valence-electron chi connectivity index (χ2n) is 7.91. The number of rotatable bonds is 5. The summed E-state index contributed by atoms with van der Waals surface area (Å²) in [6.45, 7) is 10.0. The van der Waals surface area contributed by atoms with Crippen LogP contribution in [0, 0.1) is 0 Å². The van der Waals surface area contributed by atoms with Crippen molar-refractivity contribution in [3.63, 3.8) is 0 Å². The fraction of sp³-hybridized carbons (Fsp3) is 0.571. The van der Waals surface area contributed by atoms with Gasteiger partial charge in [0.25, 0.3) is 5.91 Å². The van der Waals surface area contributed by atoms with Crippen molar-refractivity contribution in [2.24, 2.45) is 0 Å². The third kappa shape index (κ3) is 3.17. The molecular formula is C21H29N5O2. The van der Waals surface area contributed by atoms with Gasteiger partial charge in [-0.1, -0.05) is 6.92 Å². The molecule has 7 nitrogen and oxygen atoms in total. The average molecular weight is 383 g/mol. The van der Waals surface area contributed by atoms with Gasteiger partial charge in [-0.15, -0.1) is 0 Å². The Bertz CT molecular complexity index is 876. The molecule has 0 aromatic carbocycles. The molecule has 2 aliphatic rings. The first-order chi connectivity index (χ1) is 13.5. The van der Waals surface area contributed by atoms with E-state index in [1.165, 1.54) is 6.42 Å². The van der Waals surface area contributed by atoms with Gasteiger partial charge in [-0.2, -0.15) is 0 Å². The second kappa shape index (κ2) is 7.54. The van der Waals surface area contributed by atoms with Gasteiger partial charge in [0.15, 0.2) is 0 Å². The minimum atomic E-state index is 0.0364. The van der Waals surface area contributed by atoms with Gasteiger partial charge in [0.05, 0.1) is 30.5 Å². The molecule has 2 aliphatic heterocycles. The van der Waals surface area contributed by atoms with Gasteiger partial charge in [0.1, 0.15) is 5.82 Å². The lowest BCUT2D eigenvalue weighted by Gasteiger charge is -2.33. The first-order valence-electron chi connectivity index (χ1n) is 10.2. The zero-order chi connectivity index (χ0) is 19.8. The average Bonchev–Trinajstić information content (AvgIpc) is 3.32. The predicted octanol–water partition coefficient (Wildman–Crippen LogP) is 2.97. The van der Waals surface area contributed by atoms with Gasteiger partial charge in [0, 0.05) is 31.0 Å². The van der Waals surface area contributed by atoms with Crippen molar-refractivity contribution < 1.29 is 9.53 Å². The Hall–Kier alpha value is -2.41. The molecule has 0 radical (unpaired) electrons. The summed E-state index contributed by atoms with van der Waals surface area (Å²) < 4.78 is 7.83. The molecule has 0 spiro atoms. The molecule has 28 heavy (non-hydrogen) atoms. The molecule has 0 aliphatic carbocycles. The van der Waals surface area contributed by atoms with Gasteiger partial charge in [-0.05, 0) is 45.8 Å². The highest BCUT2D eigenvalue weighted by atomic mass is 16.5. The number of amides is 1. The molecule has 4 rings (SSSR count). The summed E-state index contributed by atoms with van der Waals surface area (Å²) in [6.07, 6.45) is 6.17. The molecule has 1 fully saturated rings. The molecule has 1 saturated heterocycles. The van der Waals surface area contributed by atoms with Gasteiger partial charge in [-0.25, -0.2) is 9.97 Å². The summed E-state index contributed by atoms with van der Waals surface area (Å²) in [5.74, 6) is 1.40. The van der Waals surface area contributed by atoms with Crippen LogP contribution < -0.4 is 4.74 Å². The van der Waals surface area contributed by atoms with E-state index in [1.807, 2.05) is 37.2 Å². The summed E-state index contributed by atoms with van der Waals surface area (Å²) in [6, 6.07) is 2.43. The van der Waals surface area contributed by atoms with Crippen LogP contribution in [0.5, 0.6) is 5.88 Å². The van der Waals surface area contributed by atoms with Crippen molar-refractivity contribution in [1.82, 2.24) is 24.3 Å². The molecule has 0 bridgehead atoms. The zero-order valence-electron chi connectivity index (χ0n) is 17.2. The number of methoxy groups -OCH3 is 1. The molecule has 2 aromatic heterocycles. The number of piperidine rings is 1. The number of likely N-dealkylation sites (tertiary alicyclic amines) is 1. The van der Waals surface area contributed by atoms with Crippen LogP contribution in [0.3, 0.4) is 0 Å². The summed E-state index contributed by atoms with van der Waals surface area (Å²) in [7, 11) is 1.63. The lowest BCUT2D eigenvalue weighted by Crippen LogP contribution is -2.36. The number of fused-ring (bicyclic) bond motifs is 1. The van der Waals surface area contributed by atoms with Crippen LogP contribution in [-0.2, 0) is 6.54 Å². The molecule has 1 unspecified atom stereocenters. The van der Waals surface area contributed by atoms with E-state index in [1.54, 1.807) is 7.11 Å². The van der Waals surface area contributed by atoms with Crippen LogP contribution in [0.15, 0.2) is 18.5 Å². The number of nitrogens with zero attached hydrogens (tertiary/aromatic N) is 5. The smallest absolute Gasteiger partial charge is 0.256 e. The summed E-state index contributed by atoms with van der Waals surface area (Å²) in [4.78, 5) is 26.5. The molecule has 0 saturated carbocycles. The number of hydrogen-bond donors (Lipinski definition) is 0. The number of likely N-dealkylation sites (N-methyl/N-ethyl adjacent to an activating group) is 1. The van der Waals surface area contributed by atoms with E-state index in [2.05, 4.69) is 26.4 Å². The van der Waals surface area contributed by atoms with Gasteiger partial charge in [-0.3, -0.25) is 4.79 Å². The van der Waals surface area contributed by atoms with Crippen molar-refractivity contribution in [2.75, 3.05) is 26.7 Å². The van der Waals surface area contributed by atoms with Crippen molar-refractivity contribution in [2.45, 2.75) is 52.2 Å². The predicted molar refractivity (Wildman–Crippen MR) is 107 cm³/mol. The Kier molecular flexibility index (Phi) is 5.10. The Morgan fingerprint density at radius 3 is 2.86 bits per heavy atom. The van der Waals surface area contributed by atoms with Crippen LogP contribution in [0.1, 0.15) is 55.7 Å². The minimum Gasteiger partial charge on any atom is -0.480 e. The number of carbonyl (C=O) groups is 1. The molecular weight excluding hydrogens is 354 g/mol. The number of imidazole rings is 1. The highest BCUT2D eigenvalue weighted by Crippen LogP contribution is 2.35. The standard InChI is InChI=1S/C21H29N5O2/c1-5-24-9-6-7-15(12-24)25-10-8-22-19(25)17-11-16-18(23-20(17)28-4)13-26(14(2)3)21(16)27/h8,10-11,14-15H,5-7,9,12-13H2,1-4H3. The molecule has 2 aromatic rings. The number of carbonyl (C=O) groups excluding carboxylic acids is 1. The quantitative estimate of drug-likeness (QED) is 0.794. The first kappa shape index (κ1) is 18.9. The molecule has 1 atom stereocenters. The van der Waals surface area contributed by atoms with E-state index in [4.69, 9.17) is 4.74 Å². The lowest BCUT2D eigenvalue weighted by atomic mass is 10.0. The summed E-state index contributed by atoms with van der Waals surface area (Å²) in [5.41, 5.74) is 2.24. The molecule has 4 heterocycles. The van der Waals surface area contributed by atoms with Gasteiger partial charge < -0.3 is 19.1 Å². The van der Waals surface area contributed by atoms with Crippen LogP contribution >= 0.6 is 0 Å². The van der Waals surface area contributed by atoms with E-state index in [0.717, 1.165) is 43.1 Å². The zero-order valence-corrected chi connectivity index (χ0v) is 17.2. The monoisotopic (exact) mass is 383 g/mol. The van der Waals surface area contributed by atoms with E-state index >= 15 is 0 Å². The molecule has 150 valence electrons. The van der Waals surface area contributed by atoms with E-state index in [9.17, 15) is 4.79 Å². The third-order valence-electron chi connectivity index (χ3n) is 5.93. The second-order valence-corrected chi connectivity index (χ2v) is 7.91. The Morgan fingerprint density at radius 1 is 1.32 bits per heavy atom. The Balaban J connectivity index is 1.74. The topological polar surface area (TPSA) is 63.5 Å². The summed E-state index contributed by atoms with van der Waals surface area (Å²) in [5, 5.41) is 0. The first-order valence-corrected chi connectivity index (χ1v) is 10.2. The Labute approximate surface area is 166 Å². The Morgan fingerprint density at radius 2 is 2.14 bits per heavy atom. The molecule has 7 heteroatoms. The van der Waals surface area contributed by atoms with Gasteiger partial charge in [0.2, 0.25) is 5.88 Å². The third-order valence-corrected chi connectivity index (χ3v) is 5.93. The molecule has 1 amide bonds. The molecule has 0 N–H and O–H groups in total. The van der Waals surface area contributed by atoms with Crippen LogP contribution in [-0.4, -0.2) is 63.0 Å².